The van der Waals surface area contributed by atoms with Gasteiger partial charge in [0, 0.05) is 23.3 Å². The highest BCUT2D eigenvalue weighted by Crippen LogP contribution is 2.33. The van der Waals surface area contributed by atoms with Crippen LogP contribution >= 0.6 is 34.3 Å². The van der Waals surface area contributed by atoms with Crippen LogP contribution in [-0.4, -0.2) is 30.4 Å². The summed E-state index contributed by atoms with van der Waals surface area (Å²) in [5.41, 5.74) is 0. The predicted octanol–water partition coefficient (Wildman–Crippen LogP) is 4.01. The summed E-state index contributed by atoms with van der Waals surface area (Å²) in [7, 11) is 1.82. The fourth-order valence-electron chi connectivity index (χ4n) is 2.05. The molecule has 6 heteroatoms. The van der Waals surface area contributed by atoms with E-state index in [1.807, 2.05) is 44.5 Å². The molecule has 2 unspecified atom stereocenters. The smallest absolute Gasteiger partial charge is 0.239 e. The van der Waals surface area contributed by atoms with Crippen LogP contribution in [0.5, 0.6) is 0 Å². The Morgan fingerprint density at radius 3 is 2.67 bits per heavy atom. The molecule has 0 bridgehead atoms. The Kier molecular flexibility index (Phi) is 5.81. The Bertz CT molecular complexity index is 582. The minimum absolute atomic E-state index is 0.00621. The number of carbonyl (C=O) groups excluding carboxylic acids is 1. The van der Waals surface area contributed by atoms with Crippen LogP contribution in [0, 0.1) is 0 Å². The lowest BCUT2D eigenvalue weighted by molar-refractivity contribution is -0.131. The monoisotopic (exact) mass is 342 g/mol. The van der Waals surface area contributed by atoms with Crippen molar-refractivity contribution in [2.24, 2.45) is 0 Å². The van der Waals surface area contributed by atoms with Crippen molar-refractivity contribution < 1.29 is 4.79 Å². The second-order valence-corrected chi connectivity index (χ2v) is 7.56. The molecular weight excluding hydrogens is 324 g/mol. The number of hydrogen-bond acceptors (Lipinski definition) is 4. The van der Waals surface area contributed by atoms with Gasteiger partial charge in [-0.3, -0.25) is 10.1 Å². The first-order valence-corrected chi connectivity index (χ1v) is 8.90. The zero-order valence-corrected chi connectivity index (χ0v) is 14.7. The third-order valence-electron chi connectivity index (χ3n) is 3.34. The maximum Gasteiger partial charge on any atom is 0.239 e. The SMILES string of the molecule is CCN(C)C(=O)C(C)NC(c1cccs1)c1ccc(Cl)s1. The van der Waals surface area contributed by atoms with Crippen molar-refractivity contribution >= 4 is 40.2 Å². The highest BCUT2D eigenvalue weighted by Gasteiger charge is 2.24. The minimum atomic E-state index is -0.247. The summed E-state index contributed by atoms with van der Waals surface area (Å²) in [6, 6.07) is 7.78. The number of likely N-dealkylation sites (N-methyl/N-ethyl adjacent to an activating group) is 1. The van der Waals surface area contributed by atoms with E-state index in [2.05, 4.69) is 11.4 Å². The van der Waals surface area contributed by atoms with Crippen molar-refractivity contribution in [3.63, 3.8) is 0 Å². The number of nitrogens with one attached hydrogen (secondary N) is 1. The van der Waals surface area contributed by atoms with E-state index in [1.54, 1.807) is 27.6 Å². The van der Waals surface area contributed by atoms with Crippen LogP contribution in [0.15, 0.2) is 29.6 Å². The Morgan fingerprint density at radius 2 is 2.14 bits per heavy atom. The largest absolute Gasteiger partial charge is 0.345 e. The summed E-state index contributed by atoms with van der Waals surface area (Å²) >= 11 is 9.28. The normalized spacial score (nSPS) is 13.9. The third-order valence-corrected chi connectivity index (χ3v) is 5.58. The number of rotatable bonds is 6. The summed E-state index contributed by atoms with van der Waals surface area (Å²) in [5.74, 6) is 0.0988. The topological polar surface area (TPSA) is 32.3 Å². The first kappa shape index (κ1) is 16.5. The van der Waals surface area contributed by atoms with E-state index >= 15 is 0 Å². The summed E-state index contributed by atoms with van der Waals surface area (Å²) in [5, 5.41) is 5.48. The molecular formula is C15H19ClN2OS2. The molecule has 2 atom stereocenters. The van der Waals surface area contributed by atoms with Crippen LogP contribution in [0.2, 0.25) is 4.34 Å². The van der Waals surface area contributed by atoms with E-state index in [-0.39, 0.29) is 18.0 Å². The maximum atomic E-state index is 12.3. The van der Waals surface area contributed by atoms with Crippen LogP contribution < -0.4 is 5.32 Å². The number of hydrogen-bond donors (Lipinski definition) is 1. The van der Waals surface area contributed by atoms with Crippen molar-refractivity contribution in [3.05, 3.63) is 43.7 Å². The molecule has 0 aromatic carbocycles. The molecule has 3 nitrogen and oxygen atoms in total. The Balaban J connectivity index is 2.19. The van der Waals surface area contributed by atoms with Crippen molar-refractivity contribution in [2.45, 2.75) is 25.9 Å². The quantitative estimate of drug-likeness (QED) is 0.860. The van der Waals surface area contributed by atoms with Gasteiger partial charge in [0.1, 0.15) is 0 Å². The molecule has 1 N–H and O–H groups in total. The van der Waals surface area contributed by atoms with Crippen LogP contribution in [0.25, 0.3) is 0 Å². The maximum absolute atomic E-state index is 12.3. The van der Waals surface area contributed by atoms with Gasteiger partial charge in [0.25, 0.3) is 0 Å². The number of amides is 1. The molecule has 0 aliphatic carbocycles. The predicted molar refractivity (Wildman–Crippen MR) is 91.4 cm³/mol. The van der Waals surface area contributed by atoms with Gasteiger partial charge in [-0.1, -0.05) is 17.7 Å². The molecule has 0 saturated heterocycles. The molecule has 21 heavy (non-hydrogen) atoms. The van der Waals surface area contributed by atoms with Crippen molar-refractivity contribution in [1.82, 2.24) is 10.2 Å². The van der Waals surface area contributed by atoms with Crippen LogP contribution in [0.1, 0.15) is 29.6 Å². The van der Waals surface area contributed by atoms with Gasteiger partial charge in [-0.25, -0.2) is 0 Å². The fourth-order valence-corrected chi connectivity index (χ4v) is 4.07. The van der Waals surface area contributed by atoms with Gasteiger partial charge >= 0.3 is 0 Å². The van der Waals surface area contributed by atoms with Gasteiger partial charge in [0.05, 0.1) is 16.4 Å². The molecule has 0 saturated carbocycles. The van der Waals surface area contributed by atoms with Gasteiger partial charge in [-0.15, -0.1) is 22.7 Å². The molecule has 0 spiro atoms. The average Bonchev–Trinajstić information content (AvgIpc) is 3.14. The van der Waals surface area contributed by atoms with Crippen molar-refractivity contribution in [1.29, 1.82) is 0 Å². The average molecular weight is 343 g/mol. The van der Waals surface area contributed by atoms with Crippen molar-refractivity contribution in [3.8, 4) is 0 Å². The van der Waals surface area contributed by atoms with Crippen molar-refractivity contribution in [2.75, 3.05) is 13.6 Å². The Morgan fingerprint density at radius 1 is 1.38 bits per heavy atom. The van der Waals surface area contributed by atoms with Gasteiger partial charge in [0.2, 0.25) is 5.91 Å². The molecule has 0 aliphatic rings. The van der Waals surface area contributed by atoms with E-state index < -0.39 is 0 Å². The first-order chi connectivity index (χ1) is 10.0. The van der Waals surface area contributed by atoms with Crippen LogP contribution in [-0.2, 0) is 4.79 Å². The molecule has 2 rings (SSSR count). The highest BCUT2D eigenvalue weighted by molar-refractivity contribution is 7.16. The second-order valence-electron chi connectivity index (χ2n) is 4.83. The van der Waals surface area contributed by atoms with E-state index in [9.17, 15) is 4.79 Å². The lowest BCUT2D eigenvalue weighted by Crippen LogP contribution is -2.44. The molecule has 2 heterocycles. The van der Waals surface area contributed by atoms with Crippen LogP contribution in [0.4, 0.5) is 0 Å². The van der Waals surface area contributed by atoms with Crippen LogP contribution in [0.3, 0.4) is 0 Å². The molecule has 2 aromatic rings. The third kappa shape index (κ3) is 4.07. The zero-order chi connectivity index (χ0) is 15.4. The van der Waals surface area contributed by atoms with E-state index in [0.29, 0.717) is 6.54 Å². The minimum Gasteiger partial charge on any atom is -0.345 e. The summed E-state index contributed by atoms with van der Waals surface area (Å²) < 4.78 is 0.762. The highest BCUT2D eigenvalue weighted by atomic mass is 35.5. The summed E-state index contributed by atoms with van der Waals surface area (Å²) in [6.45, 7) is 4.59. The molecule has 114 valence electrons. The lowest BCUT2D eigenvalue weighted by atomic mass is 10.1. The summed E-state index contributed by atoms with van der Waals surface area (Å²) in [4.78, 5) is 16.3. The van der Waals surface area contributed by atoms with E-state index in [4.69, 9.17) is 11.6 Å². The lowest BCUT2D eigenvalue weighted by Gasteiger charge is -2.25. The second kappa shape index (κ2) is 7.40. The summed E-state index contributed by atoms with van der Waals surface area (Å²) in [6.07, 6.45) is 0. The van der Waals surface area contributed by atoms with Gasteiger partial charge in [-0.05, 0) is 37.4 Å². The Hall–Kier alpha value is -0.880. The number of halogens is 1. The Labute approximate surface area is 138 Å². The van der Waals surface area contributed by atoms with E-state index in [1.165, 1.54) is 4.88 Å². The molecule has 0 aliphatic heterocycles. The van der Waals surface area contributed by atoms with Gasteiger partial charge < -0.3 is 4.90 Å². The van der Waals surface area contributed by atoms with Gasteiger partial charge in [0.15, 0.2) is 0 Å². The number of thiophene rings is 2. The standard InChI is InChI=1S/C15H19ClN2OS2/c1-4-18(3)15(19)10(2)17-14(11-6-5-9-20-11)12-7-8-13(16)21-12/h5-10,14,17H,4H2,1-3H3. The van der Waals surface area contributed by atoms with Gasteiger partial charge in [-0.2, -0.15) is 0 Å². The van der Waals surface area contributed by atoms with E-state index in [0.717, 1.165) is 9.21 Å². The fraction of sp³-hybridized carbons (Fsp3) is 0.400. The number of nitrogens with zero attached hydrogens (tertiary/aromatic N) is 1. The number of carbonyl (C=O) groups is 1. The molecule has 0 radical (unpaired) electrons. The first-order valence-electron chi connectivity index (χ1n) is 6.82. The zero-order valence-electron chi connectivity index (χ0n) is 12.3. The molecule has 1 amide bonds. The molecule has 2 aromatic heterocycles. The molecule has 0 fully saturated rings.